The summed E-state index contributed by atoms with van der Waals surface area (Å²) in [4.78, 5) is 29.1. The number of carbonyl (C=O) groups is 1. The Morgan fingerprint density at radius 1 is 1.41 bits per heavy atom. The van der Waals surface area contributed by atoms with E-state index in [1.165, 1.54) is 12.1 Å². The second-order valence-corrected chi connectivity index (χ2v) is 5.87. The monoisotopic (exact) mass is 307 g/mol. The smallest absolute Gasteiger partial charge is 0.335 e. The molecule has 5 unspecified atom stereocenters. The number of hydrogen-bond donors (Lipinski definition) is 2. The molecule has 1 aromatic rings. The van der Waals surface area contributed by atoms with Gasteiger partial charge >= 0.3 is 18.4 Å². The van der Waals surface area contributed by atoms with Gasteiger partial charge in [-0.15, -0.1) is 5.48 Å². The first kappa shape index (κ1) is 15.1. The number of carboxylic acid groups (broad SMARTS) is 1. The molecule has 0 amide bonds. The number of hydrogen-bond acceptors (Lipinski definition) is 5. The number of ether oxygens (including phenoxy) is 1. The number of hydroxylamine groups is 1. The van der Waals surface area contributed by atoms with Crippen molar-refractivity contribution in [2.24, 2.45) is 5.92 Å². The van der Waals surface area contributed by atoms with E-state index in [-0.39, 0.29) is 23.7 Å². The third-order valence-electron chi connectivity index (χ3n) is 4.28. The first-order valence-electron chi connectivity index (χ1n) is 7.32. The quantitative estimate of drug-likeness (QED) is 0.828. The Bertz CT molecular complexity index is 605. The molecule has 2 aliphatic rings. The summed E-state index contributed by atoms with van der Waals surface area (Å²) in [6.45, 7) is 3.91. The lowest BCUT2D eigenvalue weighted by molar-refractivity contribution is -0.632. The first-order valence-corrected chi connectivity index (χ1v) is 7.32. The lowest BCUT2D eigenvalue weighted by Crippen LogP contribution is -2.33. The summed E-state index contributed by atoms with van der Waals surface area (Å²) in [6, 6.07) is 6.29. The van der Waals surface area contributed by atoms with E-state index in [2.05, 4.69) is 5.48 Å². The molecule has 5 atom stereocenters. The molecular weight excluding hydrogens is 288 g/mol. The highest BCUT2D eigenvalue weighted by atomic mass is 16.7. The molecule has 0 bridgehead atoms. The minimum Gasteiger partial charge on any atom is -0.478 e. The van der Waals surface area contributed by atoms with E-state index in [0.29, 0.717) is 5.56 Å². The van der Waals surface area contributed by atoms with E-state index < -0.39 is 18.4 Å². The maximum absolute atomic E-state index is 12.6. The number of nitrogens with one attached hydrogen (secondary N) is 1. The maximum atomic E-state index is 12.6. The zero-order valence-electron chi connectivity index (χ0n) is 12.4. The number of rotatable bonds is 3. The first-order chi connectivity index (χ1) is 10.5. The van der Waals surface area contributed by atoms with Crippen LogP contribution in [0.25, 0.3) is 0 Å². The summed E-state index contributed by atoms with van der Waals surface area (Å²) in [7, 11) is 0. The van der Waals surface area contributed by atoms with E-state index in [9.17, 15) is 9.70 Å². The number of nitrogens with zero attached hydrogens (tertiary/aromatic N) is 1. The van der Waals surface area contributed by atoms with Crippen LogP contribution in [-0.2, 0) is 9.57 Å². The van der Waals surface area contributed by atoms with Gasteiger partial charge < -0.3 is 9.84 Å². The van der Waals surface area contributed by atoms with Crippen LogP contribution in [0, 0.1) is 10.8 Å². The van der Waals surface area contributed by atoms with Gasteiger partial charge in [-0.3, -0.25) is 0 Å². The molecule has 0 saturated carbocycles. The van der Waals surface area contributed by atoms with Gasteiger partial charge in [0.2, 0.25) is 0 Å². The zero-order chi connectivity index (χ0) is 15.9. The second kappa shape index (κ2) is 5.75. The normalized spacial score (nSPS) is 35.0. The molecule has 2 aliphatic heterocycles. The fourth-order valence-electron chi connectivity index (χ4n) is 3.16. The van der Waals surface area contributed by atoms with Gasteiger partial charge in [0.25, 0.3) is 0 Å². The van der Waals surface area contributed by atoms with Crippen molar-refractivity contribution >= 4 is 5.97 Å². The molecule has 7 nitrogen and oxygen atoms in total. The van der Waals surface area contributed by atoms with Gasteiger partial charge in [0.05, 0.1) is 28.4 Å². The summed E-state index contributed by atoms with van der Waals surface area (Å²) in [5.74, 6) is -1.05. The summed E-state index contributed by atoms with van der Waals surface area (Å²) in [6.07, 6.45) is -0.548. The Hall–Kier alpha value is -1.83. The van der Waals surface area contributed by atoms with Gasteiger partial charge in [-0.2, -0.15) is 0 Å². The summed E-state index contributed by atoms with van der Waals surface area (Å²) < 4.78 is 6.53. The Morgan fingerprint density at radius 2 is 2.18 bits per heavy atom. The number of nitroso groups, excluding NO2 is 1. The molecule has 2 N–H and O–H groups in total. The van der Waals surface area contributed by atoms with Gasteiger partial charge in [0.1, 0.15) is 0 Å². The van der Waals surface area contributed by atoms with Crippen molar-refractivity contribution in [1.29, 1.82) is 0 Å². The molecule has 118 valence electrons. The molecule has 2 fully saturated rings. The van der Waals surface area contributed by atoms with Crippen LogP contribution in [0.3, 0.4) is 0 Å². The van der Waals surface area contributed by atoms with Crippen LogP contribution in [-0.4, -0.2) is 34.3 Å². The van der Waals surface area contributed by atoms with Crippen molar-refractivity contribution in [3.63, 3.8) is 0 Å². The highest BCUT2D eigenvalue weighted by molar-refractivity contribution is 5.87. The van der Waals surface area contributed by atoms with E-state index >= 15 is 0 Å². The molecule has 0 spiro atoms. The standard InChI is InChI=1S/C15H18N2O5/c1-8-6-12(9(2)21-8)14-17(20)13(16-22-14)10-4-3-5-11(7-10)15(18)19/h3-5,7-9,12-14,16H,6H2,1-2H3/p+1. The van der Waals surface area contributed by atoms with Gasteiger partial charge in [0.15, 0.2) is 0 Å². The minimum absolute atomic E-state index is 0.0207. The van der Waals surface area contributed by atoms with Gasteiger partial charge in [-0.25, -0.2) is 9.63 Å². The summed E-state index contributed by atoms with van der Waals surface area (Å²) in [5, 5.41) is 9.05. The van der Waals surface area contributed by atoms with Crippen LogP contribution in [0.4, 0.5) is 0 Å². The lowest BCUT2D eigenvalue weighted by Gasteiger charge is -2.12. The second-order valence-electron chi connectivity index (χ2n) is 5.87. The lowest BCUT2D eigenvalue weighted by atomic mass is 9.98. The highest BCUT2D eigenvalue weighted by Crippen LogP contribution is 2.35. The zero-order valence-corrected chi connectivity index (χ0v) is 12.4. The minimum atomic E-state index is -1.03. The van der Waals surface area contributed by atoms with Crippen LogP contribution >= 0.6 is 0 Å². The average molecular weight is 307 g/mol. The molecule has 22 heavy (non-hydrogen) atoms. The topological polar surface area (TPSA) is 87.9 Å². The van der Waals surface area contributed by atoms with E-state index in [1.54, 1.807) is 12.1 Å². The van der Waals surface area contributed by atoms with Gasteiger partial charge in [-0.1, -0.05) is 12.1 Å². The third kappa shape index (κ3) is 2.63. The molecule has 0 aliphatic carbocycles. The molecule has 0 radical (unpaired) electrons. The third-order valence-corrected chi connectivity index (χ3v) is 4.28. The van der Waals surface area contributed by atoms with Crippen molar-refractivity contribution in [3.05, 3.63) is 40.3 Å². The van der Waals surface area contributed by atoms with Crippen molar-refractivity contribution in [2.45, 2.75) is 44.9 Å². The van der Waals surface area contributed by atoms with Gasteiger partial charge in [0, 0.05) is 10.5 Å². The molecule has 3 rings (SSSR count). The molecule has 2 saturated heterocycles. The van der Waals surface area contributed by atoms with E-state index in [4.69, 9.17) is 14.7 Å². The van der Waals surface area contributed by atoms with Gasteiger partial charge in [-0.05, 0) is 32.4 Å². The predicted molar refractivity (Wildman–Crippen MR) is 75.9 cm³/mol. The Labute approximate surface area is 127 Å². The molecule has 2 heterocycles. The van der Waals surface area contributed by atoms with Crippen molar-refractivity contribution in [2.75, 3.05) is 0 Å². The van der Waals surface area contributed by atoms with Crippen LogP contribution in [0.1, 0.15) is 42.4 Å². The predicted octanol–water partition coefficient (Wildman–Crippen LogP) is 1.84. The summed E-state index contributed by atoms with van der Waals surface area (Å²) >= 11 is 0. The molecule has 0 aromatic heterocycles. The van der Waals surface area contributed by atoms with E-state index in [0.717, 1.165) is 11.2 Å². The fourth-order valence-corrected chi connectivity index (χ4v) is 3.16. The van der Waals surface area contributed by atoms with E-state index in [1.807, 2.05) is 13.8 Å². The number of aromatic carboxylic acids is 1. The van der Waals surface area contributed by atoms with Crippen LogP contribution in [0.5, 0.6) is 0 Å². The number of benzene rings is 1. The average Bonchev–Trinajstić information content (AvgIpc) is 3.01. The van der Waals surface area contributed by atoms with Crippen molar-refractivity contribution in [1.82, 2.24) is 5.48 Å². The molecule has 1 aromatic carbocycles. The Balaban J connectivity index is 1.79. The van der Waals surface area contributed by atoms with Crippen molar-refractivity contribution in [3.8, 4) is 0 Å². The molecule has 7 heteroatoms. The van der Waals surface area contributed by atoms with Crippen LogP contribution in [0.15, 0.2) is 24.3 Å². The maximum Gasteiger partial charge on any atom is 0.335 e. The Kier molecular flexibility index (Phi) is 3.94. The Morgan fingerprint density at radius 3 is 2.82 bits per heavy atom. The fraction of sp³-hybridized carbons (Fsp3) is 0.533. The number of carboxylic acids is 1. The SMILES string of the molecule is CC1CC(C2ONC(c3cccc(C(=O)O)c3)[N+]2=O)C(C)O1. The molecular formula is C15H19N2O5+. The van der Waals surface area contributed by atoms with Crippen molar-refractivity contribution < 1.29 is 24.2 Å². The highest BCUT2D eigenvalue weighted by Gasteiger charge is 2.52. The summed E-state index contributed by atoms with van der Waals surface area (Å²) in [5.41, 5.74) is 3.42. The largest absolute Gasteiger partial charge is 0.478 e. The van der Waals surface area contributed by atoms with Crippen LogP contribution < -0.4 is 5.48 Å². The van der Waals surface area contributed by atoms with Crippen LogP contribution in [0.2, 0.25) is 0 Å².